The van der Waals surface area contributed by atoms with Crippen LogP contribution in [-0.4, -0.2) is 30.1 Å². The Morgan fingerprint density at radius 2 is 1.88 bits per heavy atom. The molecule has 0 aliphatic carbocycles. The summed E-state index contributed by atoms with van der Waals surface area (Å²) in [6.07, 6.45) is 1.58. The van der Waals surface area contributed by atoms with Crippen molar-refractivity contribution in [3.8, 4) is 11.3 Å². The number of aryl methyl sites for hydroxylation is 1. The second-order valence-electron chi connectivity index (χ2n) is 6.41. The number of aliphatic imine (C=N–C) groups is 1. The van der Waals surface area contributed by atoms with Crippen LogP contribution in [0.4, 0.5) is 25.8 Å². The second-order valence-corrected chi connectivity index (χ2v) is 6.41. The molecule has 0 saturated carbocycles. The van der Waals surface area contributed by atoms with E-state index in [-0.39, 0.29) is 17.1 Å². The fourth-order valence-electron chi connectivity index (χ4n) is 3.03. The van der Waals surface area contributed by atoms with Crippen molar-refractivity contribution in [2.45, 2.75) is 6.92 Å². The van der Waals surface area contributed by atoms with Crippen LogP contribution in [-0.2, 0) is 0 Å². The lowest BCUT2D eigenvalue weighted by Crippen LogP contribution is -2.19. The molecule has 0 saturated heterocycles. The van der Waals surface area contributed by atoms with Gasteiger partial charge in [0.1, 0.15) is 11.7 Å². The first-order chi connectivity index (χ1) is 12.5. The maximum atomic E-state index is 15.0. The van der Waals surface area contributed by atoms with Gasteiger partial charge in [-0.05, 0) is 31.2 Å². The van der Waals surface area contributed by atoms with Crippen LogP contribution in [0.3, 0.4) is 0 Å². The van der Waals surface area contributed by atoms with Gasteiger partial charge in [-0.15, -0.1) is 0 Å². The highest BCUT2D eigenvalue weighted by Crippen LogP contribution is 2.38. The highest BCUT2D eigenvalue weighted by Gasteiger charge is 2.24. The molecule has 3 aromatic rings. The predicted molar refractivity (Wildman–Crippen MR) is 99.3 cm³/mol. The minimum atomic E-state index is -0.681. The van der Waals surface area contributed by atoms with Gasteiger partial charge in [0.2, 0.25) is 0 Å². The zero-order chi connectivity index (χ0) is 18.4. The molecule has 0 fully saturated rings. The number of nitrogens with zero attached hydrogens (tertiary/aromatic N) is 3. The van der Waals surface area contributed by atoms with Gasteiger partial charge in [-0.2, -0.15) is 5.10 Å². The quantitative estimate of drug-likeness (QED) is 0.725. The van der Waals surface area contributed by atoms with Crippen molar-refractivity contribution in [2.75, 3.05) is 24.3 Å². The second kappa shape index (κ2) is 5.94. The third kappa shape index (κ3) is 2.52. The number of aromatic nitrogens is 2. The number of H-pyrrole nitrogens is 1. The summed E-state index contributed by atoms with van der Waals surface area (Å²) in [7, 11) is 3.41. The molecule has 2 N–H and O–H groups in total. The van der Waals surface area contributed by atoms with Crippen LogP contribution < -0.4 is 10.2 Å². The summed E-state index contributed by atoms with van der Waals surface area (Å²) in [5, 5.41) is 10.0. The fourth-order valence-corrected chi connectivity index (χ4v) is 3.03. The van der Waals surface area contributed by atoms with E-state index in [1.807, 2.05) is 25.1 Å². The van der Waals surface area contributed by atoms with Gasteiger partial charge in [-0.1, -0.05) is 11.6 Å². The van der Waals surface area contributed by atoms with E-state index in [1.165, 1.54) is 12.1 Å². The monoisotopic (exact) mass is 353 g/mol. The Hall–Kier alpha value is -3.22. The van der Waals surface area contributed by atoms with Gasteiger partial charge in [0.05, 0.1) is 34.5 Å². The van der Waals surface area contributed by atoms with Crippen molar-refractivity contribution in [1.82, 2.24) is 10.2 Å². The van der Waals surface area contributed by atoms with Crippen molar-refractivity contribution in [2.24, 2.45) is 4.99 Å². The molecule has 0 radical (unpaired) electrons. The molecule has 1 aliphatic rings. The SMILES string of the molecule is Cc1ccc2c(c1)-c1[nH]ncc1NC(c1c(F)ccc(N(C)C)c1F)=N2. The van der Waals surface area contributed by atoms with Gasteiger partial charge >= 0.3 is 0 Å². The highest BCUT2D eigenvalue weighted by atomic mass is 19.1. The Labute approximate surface area is 149 Å². The van der Waals surface area contributed by atoms with Crippen molar-refractivity contribution < 1.29 is 8.78 Å². The van der Waals surface area contributed by atoms with Crippen molar-refractivity contribution in [3.63, 3.8) is 0 Å². The van der Waals surface area contributed by atoms with E-state index in [0.29, 0.717) is 11.4 Å². The zero-order valence-corrected chi connectivity index (χ0v) is 14.6. The van der Waals surface area contributed by atoms with Crippen molar-refractivity contribution in [3.05, 3.63) is 59.3 Å². The molecule has 2 aromatic carbocycles. The molecular formula is C19H17F2N5. The van der Waals surface area contributed by atoms with E-state index < -0.39 is 11.6 Å². The molecule has 132 valence electrons. The van der Waals surface area contributed by atoms with Crippen LogP contribution in [0.5, 0.6) is 0 Å². The third-order valence-electron chi connectivity index (χ3n) is 4.34. The molecule has 0 bridgehead atoms. The molecule has 0 amide bonds. The Bertz CT molecular complexity index is 1040. The summed E-state index contributed by atoms with van der Waals surface area (Å²) in [6.45, 7) is 1.97. The van der Waals surface area contributed by atoms with Crippen LogP contribution >= 0.6 is 0 Å². The van der Waals surface area contributed by atoms with Crippen molar-refractivity contribution in [1.29, 1.82) is 0 Å². The Morgan fingerprint density at radius 3 is 2.65 bits per heavy atom. The number of benzene rings is 2. The number of hydrogen-bond acceptors (Lipinski definition) is 4. The van der Waals surface area contributed by atoms with Crippen LogP contribution in [0.1, 0.15) is 11.1 Å². The van der Waals surface area contributed by atoms with E-state index in [1.54, 1.807) is 25.2 Å². The molecule has 0 unspecified atom stereocenters. The number of amidine groups is 1. The largest absolute Gasteiger partial charge is 0.375 e. The number of anilines is 2. The number of halogens is 2. The first kappa shape index (κ1) is 16.3. The summed E-state index contributed by atoms with van der Waals surface area (Å²) >= 11 is 0. The number of fused-ring (bicyclic) bond motifs is 3. The van der Waals surface area contributed by atoms with Crippen LogP contribution in [0.25, 0.3) is 11.3 Å². The van der Waals surface area contributed by atoms with Crippen molar-refractivity contribution >= 4 is 22.9 Å². The van der Waals surface area contributed by atoms with Gasteiger partial charge in [0, 0.05) is 19.7 Å². The molecule has 26 heavy (non-hydrogen) atoms. The van der Waals surface area contributed by atoms with E-state index >= 15 is 4.39 Å². The maximum absolute atomic E-state index is 15.0. The van der Waals surface area contributed by atoms with Crippen LogP contribution in [0, 0.1) is 18.6 Å². The van der Waals surface area contributed by atoms with Gasteiger partial charge in [-0.25, -0.2) is 13.8 Å². The fraction of sp³-hybridized carbons (Fsp3) is 0.158. The number of hydrogen-bond donors (Lipinski definition) is 2. The number of aromatic amines is 1. The number of rotatable bonds is 2. The molecule has 4 rings (SSSR count). The van der Waals surface area contributed by atoms with E-state index in [0.717, 1.165) is 16.8 Å². The lowest BCUT2D eigenvalue weighted by molar-refractivity contribution is 0.578. The van der Waals surface area contributed by atoms with Gasteiger partial charge in [-0.3, -0.25) is 5.10 Å². The average molecular weight is 353 g/mol. The number of nitrogens with one attached hydrogen (secondary N) is 2. The third-order valence-corrected chi connectivity index (χ3v) is 4.34. The highest BCUT2D eigenvalue weighted by molar-refractivity contribution is 6.13. The van der Waals surface area contributed by atoms with Crippen LogP contribution in [0.15, 0.2) is 41.5 Å². The molecule has 0 spiro atoms. The Morgan fingerprint density at radius 1 is 1.08 bits per heavy atom. The van der Waals surface area contributed by atoms with Gasteiger partial charge in [0.25, 0.3) is 0 Å². The summed E-state index contributed by atoms with van der Waals surface area (Å²) in [5.41, 5.74) is 3.91. The van der Waals surface area contributed by atoms with E-state index in [4.69, 9.17) is 0 Å². The van der Waals surface area contributed by atoms with Gasteiger partial charge in [0.15, 0.2) is 5.82 Å². The molecule has 1 aromatic heterocycles. The molecule has 7 heteroatoms. The maximum Gasteiger partial charge on any atom is 0.160 e. The standard InChI is InChI=1S/C19H17F2N5/c1-10-4-6-13-11(8-10)18-14(9-22-25-18)24-19(23-13)16-12(20)5-7-15(17(16)21)26(2)3/h4-9H,1-3H3,(H,22,25)(H,23,24). The average Bonchev–Trinajstić information content (AvgIpc) is 2.98. The summed E-state index contributed by atoms with van der Waals surface area (Å²) in [5.74, 6) is -1.24. The van der Waals surface area contributed by atoms with Gasteiger partial charge < -0.3 is 10.2 Å². The summed E-state index contributed by atoms with van der Waals surface area (Å²) in [6, 6.07) is 8.35. The predicted octanol–water partition coefficient (Wildman–Crippen LogP) is 4.23. The lowest BCUT2D eigenvalue weighted by atomic mass is 10.1. The molecular weight excluding hydrogens is 336 g/mol. The first-order valence-corrected chi connectivity index (χ1v) is 8.11. The zero-order valence-electron chi connectivity index (χ0n) is 14.6. The molecule has 5 nitrogen and oxygen atoms in total. The lowest BCUT2D eigenvalue weighted by Gasteiger charge is -2.17. The minimum absolute atomic E-state index is 0.106. The first-order valence-electron chi connectivity index (χ1n) is 8.11. The van der Waals surface area contributed by atoms with Crippen LogP contribution in [0.2, 0.25) is 0 Å². The van der Waals surface area contributed by atoms with E-state index in [2.05, 4.69) is 20.5 Å². The Kier molecular flexibility index (Phi) is 3.72. The minimum Gasteiger partial charge on any atom is -0.375 e. The normalized spacial score (nSPS) is 12.6. The molecule has 0 atom stereocenters. The summed E-state index contributed by atoms with van der Waals surface area (Å²) < 4.78 is 29.6. The summed E-state index contributed by atoms with van der Waals surface area (Å²) in [4.78, 5) is 6.11. The Balaban J connectivity index is 1.97. The smallest absolute Gasteiger partial charge is 0.160 e. The molecule has 1 aliphatic heterocycles. The topological polar surface area (TPSA) is 56.3 Å². The van der Waals surface area contributed by atoms with E-state index in [9.17, 15) is 4.39 Å². The molecule has 2 heterocycles.